The number of thioether (sulfide) groups is 1. The van der Waals surface area contributed by atoms with Crippen molar-refractivity contribution < 1.29 is 35.1 Å². The van der Waals surface area contributed by atoms with Gasteiger partial charge >= 0.3 is 5.97 Å². The number of hydrogen-bond acceptors (Lipinski definition) is 7. The predicted molar refractivity (Wildman–Crippen MR) is 58.5 cm³/mol. The van der Waals surface area contributed by atoms with E-state index in [2.05, 4.69) is 0 Å². The summed E-state index contributed by atoms with van der Waals surface area (Å²) in [4.78, 5) is 10.3. The minimum Gasteiger partial charge on any atom is -0.481 e. The number of carboxylic acids is 1. The predicted octanol–water partition coefficient (Wildman–Crippen LogP) is -2.01. The lowest BCUT2D eigenvalue weighted by atomic mass is 10.0. The van der Waals surface area contributed by atoms with Crippen molar-refractivity contribution in [2.24, 2.45) is 0 Å². The van der Waals surface area contributed by atoms with E-state index < -0.39 is 42.4 Å². The molecule has 5 N–H and O–H groups in total. The van der Waals surface area contributed by atoms with Gasteiger partial charge in [0.05, 0.1) is 13.0 Å². The van der Waals surface area contributed by atoms with Gasteiger partial charge in [0.15, 0.2) is 0 Å². The molecule has 1 heterocycles. The highest BCUT2D eigenvalue weighted by Crippen LogP contribution is 2.28. The largest absolute Gasteiger partial charge is 0.481 e. The van der Waals surface area contributed by atoms with Crippen molar-refractivity contribution in [3.05, 3.63) is 0 Å². The van der Waals surface area contributed by atoms with Gasteiger partial charge in [0.2, 0.25) is 0 Å². The molecule has 0 amide bonds. The van der Waals surface area contributed by atoms with Gasteiger partial charge in [0.1, 0.15) is 29.9 Å². The van der Waals surface area contributed by atoms with Crippen molar-refractivity contribution in [1.29, 1.82) is 0 Å². The average Bonchev–Trinajstić information content (AvgIpc) is 2.29. The number of aliphatic carboxylic acids is 1. The summed E-state index contributed by atoms with van der Waals surface area (Å²) in [5.41, 5.74) is -0.857. The van der Waals surface area contributed by atoms with Crippen molar-refractivity contribution in [1.82, 2.24) is 0 Å². The molecular formula is C9H16O7S. The van der Waals surface area contributed by atoms with Crippen LogP contribution in [0.25, 0.3) is 0 Å². The summed E-state index contributed by atoms with van der Waals surface area (Å²) in [7, 11) is 0. The Morgan fingerprint density at radius 2 is 1.82 bits per heavy atom. The van der Waals surface area contributed by atoms with Gasteiger partial charge in [-0.1, -0.05) is 0 Å². The van der Waals surface area contributed by atoms with Crippen molar-refractivity contribution in [3.8, 4) is 0 Å². The van der Waals surface area contributed by atoms with Crippen molar-refractivity contribution in [2.45, 2.75) is 36.3 Å². The van der Waals surface area contributed by atoms with Gasteiger partial charge in [-0.3, -0.25) is 4.79 Å². The van der Waals surface area contributed by atoms with E-state index in [1.165, 1.54) is 0 Å². The number of aliphatic hydroxyl groups excluding tert-OH is 4. The first-order valence-electron chi connectivity index (χ1n) is 5.11. The lowest BCUT2D eigenvalue weighted by molar-refractivity contribution is -0.205. The van der Waals surface area contributed by atoms with E-state index in [4.69, 9.17) is 14.9 Å². The molecule has 1 aliphatic rings. The number of ether oxygens (including phenoxy) is 1. The van der Waals surface area contributed by atoms with Crippen LogP contribution in [0.1, 0.15) is 6.42 Å². The Hall–Kier alpha value is -0.380. The Labute approximate surface area is 102 Å². The van der Waals surface area contributed by atoms with Crippen LogP contribution in [0.4, 0.5) is 0 Å². The number of rotatable bonds is 5. The van der Waals surface area contributed by atoms with Gasteiger partial charge in [-0.15, -0.1) is 11.8 Å². The topological polar surface area (TPSA) is 127 Å². The van der Waals surface area contributed by atoms with Crippen molar-refractivity contribution in [3.63, 3.8) is 0 Å². The third kappa shape index (κ3) is 3.80. The van der Waals surface area contributed by atoms with E-state index in [0.29, 0.717) is 0 Å². The highest BCUT2D eigenvalue weighted by molar-refractivity contribution is 7.99. The Bertz CT molecular complexity index is 260. The van der Waals surface area contributed by atoms with E-state index in [1.54, 1.807) is 0 Å². The molecule has 17 heavy (non-hydrogen) atoms. The monoisotopic (exact) mass is 268 g/mol. The Morgan fingerprint density at radius 3 is 2.35 bits per heavy atom. The van der Waals surface area contributed by atoms with Gasteiger partial charge in [0, 0.05) is 5.75 Å². The molecule has 1 rings (SSSR count). The lowest BCUT2D eigenvalue weighted by Crippen LogP contribution is -2.57. The van der Waals surface area contributed by atoms with Crippen LogP contribution in [0.15, 0.2) is 0 Å². The molecule has 0 aromatic heterocycles. The van der Waals surface area contributed by atoms with Gasteiger partial charge in [-0.25, -0.2) is 0 Å². The number of carboxylic acid groups (broad SMARTS) is 1. The smallest absolute Gasteiger partial charge is 0.304 e. The molecule has 100 valence electrons. The molecule has 0 aliphatic carbocycles. The van der Waals surface area contributed by atoms with Crippen LogP contribution in [0.2, 0.25) is 0 Å². The van der Waals surface area contributed by atoms with E-state index in [0.717, 1.165) is 11.8 Å². The van der Waals surface area contributed by atoms with Crippen LogP contribution in [-0.2, 0) is 9.53 Å². The maximum atomic E-state index is 10.3. The van der Waals surface area contributed by atoms with E-state index in [-0.39, 0.29) is 12.2 Å². The van der Waals surface area contributed by atoms with Crippen molar-refractivity contribution >= 4 is 17.7 Å². The molecule has 8 heteroatoms. The zero-order valence-corrected chi connectivity index (χ0v) is 9.79. The fraction of sp³-hybridized carbons (Fsp3) is 0.889. The zero-order chi connectivity index (χ0) is 13.0. The molecular weight excluding hydrogens is 252 g/mol. The van der Waals surface area contributed by atoms with E-state index >= 15 is 0 Å². The fourth-order valence-corrected chi connectivity index (χ4v) is 2.57. The van der Waals surface area contributed by atoms with Crippen LogP contribution < -0.4 is 0 Å². The highest BCUT2D eigenvalue weighted by atomic mass is 32.2. The summed E-state index contributed by atoms with van der Waals surface area (Å²) >= 11 is 1.02. The maximum absolute atomic E-state index is 10.3. The zero-order valence-electron chi connectivity index (χ0n) is 8.97. The van der Waals surface area contributed by atoms with Gasteiger partial charge in [-0.2, -0.15) is 0 Å². The Kier molecular flexibility index (Phi) is 5.63. The summed E-state index contributed by atoms with van der Waals surface area (Å²) in [6.45, 7) is -0.485. The average molecular weight is 268 g/mol. The number of aliphatic hydroxyl groups is 4. The summed E-state index contributed by atoms with van der Waals surface area (Å²) in [5, 5.41) is 45.9. The highest BCUT2D eigenvalue weighted by Gasteiger charge is 2.43. The Balaban J connectivity index is 2.50. The van der Waals surface area contributed by atoms with Crippen molar-refractivity contribution in [2.75, 3.05) is 12.4 Å². The quantitative estimate of drug-likeness (QED) is 0.387. The normalized spacial score (nSPS) is 38.0. The van der Waals surface area contributed by atoms with E-state index in [9.17, 15) is 20.1 Å². The van der Waals surface area contributed by atoms with E-state index in [1.807, 2.05) is 0 Å². The standard InChI is InChI=1S/C9H16O7S/c10-3-4-6(13)7(14)8(15)9(16-4)17-2-1-5(11)12/h4,6-10,13-15H,1-3H2,(H,11,12)/t4-,6+,7+,8-,9?/m1/s1. The molecule has 0 bridgehead atoms. The molecule has 1 aliphatic heterocycles. The third-order valence-electron chi connectivity index (χ3n) is 2.45. The first kappa shape index (κ1) is 14.7. The molecule has 0 radical (unpaired) electrons. The van der Waals surface area contributed by atoms with Crippen LogP contribution in [0.3, 0.4) is 0 Å². The lowest BCUT2D eigenvalue weighted by Gasteiger charge is -2.39. The minimum absolute atomic E-state index is 0.0975. The van der Waals surface area contributed by atoms with Gasteiger partial charge in [0.25, 0.3) is 0 Å². The van der Waals surface area contributed by atoms with Crippen LogP contribution in [-0.4, -0.2) is 73.7 Å². The maximum Gasteiger partial charge on any atom is 0.304 e. The second-order valence-corrected chi connectivity index (χ2v) is 4.92. The molecule has 0 aromatic carbocycles. The molecule has 0 spiro atoms. The summed E-state index contributed by atoms with van der Waals surface area (Å²) in [5.74, 6) is -0.764. The fourth-order valence-electron chi connectivity index (χ4n) is 1.47. The first-order chi connectivity index (χ1) is 7.97. The summed E-state index contributed by atoms with van der Waals surface area (Å²) in [6.07, 6.45) is -5.16. The number of hydrogen-bond donors (Lipinski definition) is 5. The Morgan fingerprint density at radius 1 is 1.18 bits per heavy atom. The molecule has 5 atom stereocenters. The molecule has 0 aromatic rings. The van der Waals surface area contributed by atoms with Crippen LogP contribution in [0.5, 0.6) is 0 Å². The third-order valence-corrected chi connectivity index (χ3v) is 3.60. The number of carbonyl (C=O) groups is 1. The molecule has 1 saturated heterocycles. The molecule has 7 nitrogen and oxygen atoms in total. The summed E-state index contributed by atoms with van der Waals surface area (Å²) in [6, 6.07) is 0. The van der Waals surface area contributed by atoms with Gasteiger partial charge < -0.3 is 30.3 Å². The van der Waals surface area contributed by atoms with Crippen LogP contribution >= 0.6 is 11.8 Å². The summed E-state index contributed by atoms with van der Waals surface area (Å²) < 4.78 is 5.17. The second kappa shape index (κ2) is 6.53. The molecule has 1 fully saturated rings. The minimum atomic E-state index is -1.41. The van der Waals surface area contributed by atoms with Crippen LogP contribution in [0, 0.1) is 0 Å². The molecule has 1 unspecified atom stereocenters. The van der Waals surface area contributed by atoms with Gasteiger partial charge in [-0.05, 0) is 0 Å². The second-order valence-electron chi connectivity index (χ2n) is 3.71. The first-order valence-corrected chi connectivity index (χ1v) is 6.16. The molecule has 0 saturated carbocycles. The SMILES string of the molecule is O=C(O)CCSC1O[C@H](CO)[C@H](O)[C@H](O)[C@H]1O.